The van der Waals surface area contributed by atoms with Gasteiger partial charge in [-0.15, -0.1) is 0 Å². The first-order valence-corrected chi connectivity index (χ1v) is 4.96. The Bertz CT molecular complexity index is 441. The SMILES string of the molecule is CCC1(C)CNc2nc(N)[nH]c(=O)c2N1. The molecule has 0 fully saturated rings. The maximum atomic E-state index is 11.6. The summed E-state index contributed by atoms with van der Waals surface area (Å²) in [6.45, 7) is 4.85. The van der Waals surface area contributed by atoms with Gasteiger partial charge in [0.2, 0.25) is 5.95 Å². The van der Waals surface area contributed by atoms with Crippen molar-refractivity contribution in [1.29, 1.82) is 0 Å². The van der Waals surface area contributed by atoms with Crippen LogP contribution < -0.4 is 21.9 Å². The fraction of sp³-hybridized carbons (Fsp3) is 0.556. The van der Waals surface area contributed by atoms with Gasteiger partial charge in [0, 0.05) is 6.54 Å². The lowest BCUT2D eigenvalue weighted by Gasteiger charge is -2.35. The van der Waals surface area contributed by atoms with Gasteiger partial charge in [-0.2, -0.15) is 4.98 Å². The molecule has 0 aliphatic carbocycles. The fourth-order valence-corrected chi connectivity index (χ4v) is 1.57. The first kappa shape index (κ1) is 9.82. The second-order valence-electron chi connectivity index (χ2n) is 4.07. The Kier molecular flexibility index (Phi) is 2.06. The summed E-state index contributed by atoms with van der Waals surface area (Å²) in [4.78, 5) is 18.1. The van der Waals surface area contributed by atoms with E-state index in [0.717, 1.165) is 13.0 Å². The monoisotopic (exact) mass is 209 g/mol. The van der Waals surface area contributed by atoms with Gasteiger partial charge in [-0.3, -0.25) is 9.78 Å². The number of fused-ring (bicyclic) bond motifs is 1. The van der Waals surface area contributed by atoms with Crippen molar-refractivity contribution in [3.8, 4) is 0 Å². The van der Waals surface area contributed by atoms with Crippen LogP contribution in [-0.4, -0.2) is 22.1 Å². The van der Waals surface area contributed by atoms with Gasteiger partial charge >= 0.3 is 0 Å². The van der Waals surface area contributed by atoms with E-state index < -0.39 is 0 Å². The molecule has 6 heteroatoms. The Morgan fingerprint density at radius 3 is 3.00 bits per heavy atom. The molecular formula is C9H15N5O. The summed E-state index contributed by atoms with van der Waals surface area (Å²) in [5.74, 6) is 0.662. The maximum absolute atomic E-state index is 11.6. The molecule has 1 atom stereocenters. The molecule has 2 rings (SSSR count). The van der Waals surface area contributed by atoms with Gasteiger partial charge in [0.1, 0.15) is 5.69 Å². The number of hydrogen-bond donors (Lipinski definition) is 4. The average Bonchev–Trinajstić information content (AvgIpc) is 2.20. The molecule has 0 bridgehead atoms. The van der Waals surface area contributed by atoms with E-state index >= 15 is 0 Å². The second kappa shape index (κ2) is 3.15. The standard InChI is InChI=1S/C9H15N5O/c1-3-9(2)4-11-6-5(14-9)7(15)13-8(10)12-6/h14H,3-4H2,1-2H3,(H4,10,11,12,13,15). The van der Waals surface area contributed by atoms with E-state index in [1.807, 2.05) is 0 Å². The van der Waals surface area contributed by atoms with E-state index in [4.69, 9.17) is 5.73 Å². The normalized spacial score (nSPS) is 23.9. The topological polar surface area (TPSA) is 95.8 Å². The van der Waals surface area contributed by atoms with Gasteiger partial charge < -0.3 is 16.4 Å². The lowest BCUT2D eigenvalue weighted by Crippen LogP contribution is -2.46. The Labute approximate surface area is 87.3 Å². The molecular weight excluding hydrogens is 194 g/mol. The summed E-state index contributed by atoms with van der Waals surface area (Å²) in [6, 6.07) is 0. The number of anilines is 3. The Morgan fingerprint density at radius 1 is 1.60 bits per heavy atom. The molecule has 0 spiro atoms. The predicted molar refractivity (Wildman–Crippen MR) is 60.1 cm³/mol. The molecule has 0 saturated heterocycles. The molecule has 1 aromatic heterocycles. The second-order valence-corrected chi connectivity index (χ2v) is 4.07. The highest BCUT2D eigenvalue weighted by molar-refractivity contribution is 5.68. The number of hydrogen-bond acceptors (Lipinski definition) is 5. The third-order valence-corrected chi connectivity index (χ3v) is 2.79. The van der Waals surface area contributed by atoms with Crippen LogP contribution in [0.5, 0.6) is 0 Å². The lowest BCUT2D eigenvalue weighted by molar-refractivity contribution is 0.511. The summed E-state index contributed by atoms with van der Waals surface area (Å²) >= 11 is 0. The van der Waals surface area contributed by atoms with Crippen molar-refractivity contribution in [3.05, 3.63) is 10.4 Å². The number of aromatic nitrogens is 2. The van der Waals surface area contributed by atoms with Crippen LogP contribution in [0.25, 0.3) is 0 Å². The molecule has 6 nitrogen and oxygen atoms in total. The number of nitrogen functional groups attached to an aromatic ring is 1. The van der Waals surface area contributed by atoms with E-state index in [0.29, 0.717) is 11.5 Å². The molecule has 0 amide bonds. The summed E-state index contributed by atoms with van der Waals surface area (Å²) in [7, 11) is 0. The quantitative estimate of drug-likeness (QED) is 0.535. The van der Waals surface area contributed by atoms with E-state index in [9.17, 15) is 4.79 Å². The van der Waals surface area contributed by atoms with Crippen molar-refractivity contribution >= 4 is 17.5 Å². The third kappa shape index (κ3) is 1.62. The largest absolute Gasteiger partial charge is 0.371 e. The number of nitrogens with one attached hydrogen (secondary N) is 3. The van der Waals surface area contributed by atoms with Gasteiger partial charge in [-0.1, -0.05) is 6.92 Å². The van der Waals surface area contributed by atoms with Crippen molar-refractivity contribution < 1.29 is 0 Å². The average molecular weight is 209 g/mol. The van der Waals surface area contributed by atoms with Crippen molar-refractivity contribution in [2.75, 3.05) is 22.9 Å². The van der Waals surface area contributed by atoms with Crippen LogP contribution >= 0.6 is 0 Å². The fourth-order valence-electron chi connectivity index (χ4n) is 1.57. The summed E-state index contributed by atoms with van der Waals surface area (Å²) < 4.78 is 0. The predicted octanol–water partition coefficient (Wildman–Crippen LogP) is 0.358. The molecule has 15 heavy (non-hydrogen) atoms. The van der Waals surface area contributed by atoms with Crippen LogP contribution in [0.2, 0.25) is 0 Å². The Balaban J connectivity index is 2.46. The highest BCUT2D eigenvalue weighted by Gasteiger charge is 2.29. The van der Waals surface area contributed by atoms with Crippen molar-refractivity contribution in [1.82, 2.24) is 9.97 Å². The van der Waals surface area contributed by atoms with Gasteiger partial charge in [-0.05, 0) is 13.3 Å². The van der Waals surface area contributed by atoms with E-state index in [1.165, 1.54) is 0 Å². The minimum Gasteiger partial charge on any atom is -0.371 e. The summed E-state index contributed by atoms with van der Waals surface area (Å²) in [5, 5.41) is 6.31. The summed E-state index contributed by atoms with van der Waals surface area (Å²) in [5.41, 5.74) is 5.58. The van der Waals surface area contributed by atoms with Crippen molar-refractivity contribution in [2.24, 2.45) is 0 Å². The molecule has 1 aromatic rings. The first-order chi connectivity index (χ1) is 7.04. The van der Waals surface area contributed by atoms with E-state index in [-0.39, 0.29) is 17.0 Å². The zero-order valence-electron chi connectivity index (χ0n) is 8.85. The van der Waals surface area contributed by atoms with Crippen LogP contribution in [0.15, 0.2) is 4.79 Å². The minimum absolute atomic E-state index is 0.113. The van der Waals surface area contributed by atoms with Crippen LogP contribution in [0, 0.1) is 0 Å². The zero-order chi connectivity index (χ0) is 11.1. The number of aromatic amines is 1. The molecule has 5 N–H and O–H groups in total. The lowest BCUT2D eigenvalue weighted by atomic mass is 9.97. The molecule has 0 aromatic carbocycles. The molecule has 1 unspecified atom stereocenters. The number of nitrogens with two attached hydrogens (primary N) is 1. The number of H-pyrrole nitrogens is 1. The number of nitrogens with zero attached hydrogens (tertiary/aromatic N) is 1. The van der Waals surface area contributed by atoms with E-state index in [2.05, 4.69) is 34.4 Å². The molecule has 0 radical (unpaired) electrons. The molecule has 82 valence electrons. The highest BCUT2D eigenvalue weighted by atomic mass is 16.1. The Morgan fingerprint density at radius 2 is 2.33 bits per heavy atom. The molecule has 0 saturated carbocycles. The molecule has 1 aliphatic rings. The maximum Gasteiger partial charge on any atom is 0.277 e. The van der Waals surface area contributed by atoms with Gasteiger partial charge in [0.05, 0.1) is 5.54 Å². The molecule has 2 heterocycles. The van der Waals surface area contributed by atoms with Gasteiger partial charge in [0.25, 0.3) is 5.56 Å². The zero-order valence-corrected chi connectivity index (χ0v) is 8.85. The van der Waals surface area contributed by atoms with Crippen molar-refractivity contribution in [3.63, 3.8) is 0 Å². The van der Waals surface area contributed by atoms with Crippen LogP contribution in [0.4, 0.5) is 17.5 Å². The molecule has 1 aliphatic heterocycles. The van der Waals surface area contributed by atoms with E-state index in [1.54, 1.807) is 0 Å². The van der Waals surface area contributed by atoms with Gasteiger partial charge in [-0.25, -0.2) is 0 Å². The Hall–Kier alpha value is -1.72. The van der Waals surface area contributed by atoms with Crippen LogP contribution in [0.3, 0.4) is 0 Å². The van der Waals surface area contributed by atoms with Crippen molar-refractivity contribution in [2.45, 2.75) is 25.8 Å². The number of rotatable bonds is 1. The minimum atomic E-state index is -0.232. The first-order valence-electron chi connectivity index (χ1n) is 4.96. The highest BCUT2D eigenvalue weighted by Crippen LogP contribution is 2.26. The van der Waals surface area contributed by atoms with Gasteiger partial charge in [0.15, 0.2) is 5.82 Å². The summed E-state index contributed by atoms with van der Waals surface area (Å²) in [6.07, 6.45) is 0.920. The third-order valence-electron chi connectivity index (χ3n) is 2.79. The smallest absolute Gasteiger partial charge is 0.277 e. The van der Waals surface area contributed by atoms with Crippen LogP contribution in [0.1, 0.15) is 20.3 Å². The van der Waals surface area contributed by atoms with Crippen LogP contribution in [-0.2, 0) is 0 Å².